The summed E-state index contributed by atoms with van der Waals surface area (Å²) in [5.74, 6) is 0.270. The molecular formula is C14H22N2O2. The molecule has 2 rings (SSSR count). The molecule has 1 aromatic rings. The zero-order valence-corrected chi connectivity index (χ0v) is 10.9. The van der Waals surface area contributed by atoms with Gasteiger partial charge in [-0.2, -0.15) is 0 Å². The summed E-state index contributed by atoms with van der Waals surface area (Å²) in [6.07, 6.45) is 3.81. The molecule has 1 aliphatic heterocycles. The lowest BCUT2D eigenvalue weighted by atomic mass is 10.0. The van der Waals surface area contributed by atoms with E-state index >= 15 is 0 Å². The van der Waals surface area contributed by atoms with E-state index < -0.39 is 0 Å². The van der Waals surface area contributed by atoms with Crippen LogP contribution in [-0.2, 0) is 6.54 Å². The smallest absolute Gasteiger partial charge is 0.123 e. The Morgan fingerprint density at radius 2 is 2.17 bits per heavy atom. The first-order valence-corrected chi connectivity index (χ1v) is 6.58. The maximum absolute atomic E-state index is 9.74. The first-order valence-electron chi connectivity index (χ1n) is 6.58. The van der Waals surface area contributed by atoms with Crippen LogP contribution in [0.3, 0.4) is 0 Å². The third kappa shape index (κ3) is 3.62. The zero-order valence-electron chi connectivity index (χ0n) is 10.9. The van der Waals surface area contributed by atoms with Crippen LogP contribution < -0.4 is 5.32 Å². The summed E-state index contributed by atoms with van der Waals surface area (Å²) in [6.45, 7) is 2.80. The molecule has 1 fully saturated rings. The van der Waals surface area contributed by atoms with Crippen LogP contribution in [-0.4, -0.2) is 41.3 Å². The van der Waals surface area contributed by atoms with E-state index in [4.69, 9.17) is 0 Å². The lowest BCUT2D eigenvalue weighted by molar-refractivity contribution is 0.254. The van der Waals surface area contributed by atoms with E-state index in [2.05, 4.69) is 17.3 Å². The van der Waals surface area contributed by atoms with Crippen molar-refractivity contribution >= 4 is 0 Å². The standard InChI is InChI=1S/C14H22N2O2/c1-16(10-12-4-2-3-7-15-12)9-11-5-6-13(17)8-14(11)18/h5-6,8,12,15,17-18H,2-4,7,9-10H2,1H3. The lowest BCUT2D eigenvalue weighted by Crippen LogP contribution is -2.42. The number of hydrogen-bond donors (Lipinski definition) is 3. The van der Waals surface area contributed by atoms with Crippen molar-refractivity contribution in [3.63, 3.8) is 0 Å². The molecule has 0 spiro atoms. The molecule has 1 aliphatic rings. The van der Waals surface area contributed by atoms with Crippen molar-refractivity contribution in [2.75, 3.05) is 20.1 Å². The van der Waals surface area contributed by atoms with Gasteiger partial charge in [0.25, 0.3) is 0 Å². The van der Waals surface area contributed by atoms with Crippen molar-refractivity contribution in [1.29, 1.82) is 0 Å². The molecule has 18 heavy (non-hydrogen) atoms. The van der Waals surface area contributed by atoms with Gasteiger partial charge in [-0.15, -0.1) is 0 Å². The Bertz CT molecular complexity index is 389. The highest BCUT2D eigenvalue weighted by Gasteiger charge is 2.15. The zero-order chi connectivity index (χ0) is 13.0. The van der Waals surface area contributed by atoms with Crippen LogP contribution >= 0.6 is 0 Å². The summed E-state index contributed by atoms with van der Waals surface area (Å²) in [7, 11) is 2.06. The summed E-state index contributed by atoms with van der Waals surface area (Å²) < 4.78 is 0. The molecule has 3 N–H and O–H groups in total. The molecule has 0 radical (unpaired) electrons. The molecule has 0 saturated carbocycles. The van der Waals surface area contributed by atoms with Crippen molar-refractivity contribution in [2.24, 2.45) is 0 Å². The second-order valence-corrected chi connectivity index (χ2v) is 5.16. The minimum absolute atomic E-state index is 0.104. The predicted molar refractivity (Wildman–Crippen MR) is 71.7 cm³/mol. The predicted octanol–water partition coefficient (Wildman–Crippen LogP) is 1.67. The molecule has 1 heterocycles. The van der Waals surface area contributed by atoms with Gasteiger partial charge in [-0.05, 0) is 32.5 Å². The van der Waals surface area contributed by atoms with Crippen LogP contribution in [0, 0.1) is 0 Å². The van der Waals surface area contributed by atoms with Gasteiger partial charge in [0.2, 0.25) is 0 Å². The number of benzene rings is 1. The van der Waals surface area contributed by atoms with Crippen LogP contribution in [0.25, 0.3) is 0 Å². The van der Waals surface area contributed by atoms with E-state index in [0.717, 1.165) is 18.7 Å². The number of phenolic OH excluding ortho intramolecular Hbond substituents is 2. The quantitative estimate of drug-likeness (QED) is 0.761. The van der Waals surface area contributed by atoms with Gasteiger partial charge in [-0.1, -0.05) is 12.5 Å². The molecule has 0 bridgehead atoms. The Balaban J connectivity index is 1.87. The highest BCUT2D eigenvalue weighted by atomic mass is 16.3. The molecule has 1 aromatic carbocycles. The average Bonchev–Trinajstić information content (AvgIpc) is 2.34. The molecular weight excluding hydrogens is 228 g/mol. The maximum atomic E-state index is 9.74. The number of rotatable bonds is 4. The summed E-state index contributed by atoms with van der Waals surface area (Å²) in [4.78, 5) is 2.20. The van der Waals surface area contributed by atoms with E-state index in [1.54, 1.807) is 12.1 Å². The number of hydrogen-bond acceptors (Lipinski definition) is 4. The summed E-state index contributed by atoms with van der Waals surface area (Å²) in [6, 6.07) is 5.34. The van der Waals surface area contributed by atoms with E-state index in [0.29, 0.717) is 12.6 Å². The largest absolute Gasteiger partial charge is 0.508 e. The average molecular weight is 250 g/mol. The fourth-order valence-electron chi connectivity index (χ4n) is 2.50. The first-order chi connectivity index (χ1) is 8.65. The van der Waals surface area contributed by atoms with Crippen LogP contribution in [0.1, 0.15) is 24.8 Å². The van der Waals surface area contributed by atoms with Gasteiger partial charge in [0.15, 0.2) is 0 Å². The maximum Gasteiger partial charge on any atom is 0.123 e. The molecule has 4 heteroatoms. The molecule has 1 unspecified atom stereocenters. The van der Waals surface area contributed by atoms with Gasteiger partial charge in [-0.3, -0.25) is 0 Å². The second-order valence-electron chi connectivity index (χ2n) is 5.16. The Kier molecular flexibility index (Phi) is 4.44. The van der Waals surface area contributed by atoms with Gasteiger partial charge in [0.1, 0.15) is 11.5 Å². The molecule has 100 valence electrons. The minimum Gasteiger partial charge on any atom is -0.508 e. The summed E-state index contributed by atoms with van der Waals surface area (Å²) in [5, 5.41) is 22.5. The summed E-state index contributed by atoms with van der Waals surface area (Å²) >= 11 is 0. The normalized spacial score (nSPS) is 20.2. The van der Waals surface area contributed by atoms with E-state index in [1.165, 1.54) is 25.3 Å². The Morgan fingerprint density at radius 3 is 2.83 bits per heavy atom. The number of piperidine rings is 1. The fourth-order valence-corrected chi connectivity index (χ4v) is 2.50. The SMILES string of the molecule is CN(Cc1ccc(O)cc1O)CC1CCCCN1. The summed E-state index contributed by atoms with van der Waals surface area (Å²) in [5.41, 5.74) is 0.853. The van der Waals surface area contributed by atoms with Gasteiger partial charge in [0, 0.05) is 30.8 Å². The van der Waals surface area contributed by atoms with Gasteiger partial charge in [-0.25, -0.2) is 0 Å². The Morgan fingerprint density at radius 1 is 1.33 bits per heavy atom. The number of likely N-dealkylation sites (N-methyl/N-ethyl adjacent to an activating group) is 1. The minimum atomic E-state index is 0.104. The molecule has 1 saturated heterocycles. The van der Waals surface area contributed by atoms with Crippen molar-refractivity contribution in [3.05, 3.63) is 23.8 Å². The first kappa shape index (κ1) is 13.2. The van der Waals surface area contributed by atoms with Crippen LogP contribution in [0.15, 0.2) is 18.2 Å². The molecule has 0 aromatic heterocycles. The van der Waals surface area contributed by atoms with E-state index in [-0.39, 0.29) is 11.5 Å². The number of nitrogens with one attached hydrogen (secondary N) is 1. The van der Waals surface area contributed by atoms with Crippen LogP contribution in [0.5, 0.6) is 11.5 Å². The van der Waals surface area contributed by atoms with Crippen molar-refractivity contribution < 1.29 is 10.2 Å². The Labute approximate surface area is 108 Å². The Hall–Kier alpha value is -1.26. The molecule has 4 nitrogen and oxygen atoms in total. The third-order valence-corrected chi connectivity index (χ3v) is 3.45. The van der Waals surface area contributed by atoms with Crippen LogP contribution in [0.2, 0.25) is 0 Å². The number of nitrogens with zero attached hydrogens (tertiary/aromatic N) is 1. The topological polar surface area (TPSA) is 55.7 Å². The van der Waals surface area contributed by atoms with E-state index in [1.807, 2.05) is 0 Å². The number of phenols is 2. The second kappa shape index (κ2) is 6.07. The van der Waals surface area contributed by atoms with Crippen LogP contribution in [0.4, 0.5) is 0 Å². The van der Waals surface area contributed by atoms with Gasteiger partial charge in [0.05, 0.1) is 0 Å². The number of aromatic hydroxyl groups is 2. The molecule has 0 amide bonds. The fraction of sp³-hybridized carbons (Fsp3) is 0.571. The molecule has 1 atom stereocenters. The highest BCUT2D eigenvalue weighted by Crippen LogP contribution is 2.23. The van der Waals surface area contributed by atoms with Crippen molar-refractivity contribution in [3.8, 4) is 11.5 Å². The monoisotopic (exact) mass is 250 g/mol. The van der Waals surface area contributed by atoms with E-state index in [9.17, 15) is 10.2 Å². The lowest BCUT2D eigenvalue weighted by Gasteiger charge is -2.28. The van der Waals surface area contributed by atoms with Gasteiger partial charge >= 0.3 is 0 Å². The van der Waals surface area contributed by atoms with Crippen molar-refractivity contribution in [2.45, 2.75) is 31.8 Å². The third-order valence-electron chi connectivity index (χ3n) is 3.45. The van der Waals surface area contributed by atoms with Crippen molar-refractivity contribution in [1.82, 2.24) is 10.2 Å². The highest BCUT2D eigenvalue weighted by molar-refractivity contribution is 5.38. The molecule has 0 aliphatic carbocycles. The van der Waals surface area contributed by atoms with Gasteiger partial charge < -0.3 is 20.4 Å².